The molecule has 0 unspecified atom stereocenters. The van der Waals surface area contributed by atoms with Crippen molar-refractivity contribution in [3.05, 3.63) is 34.7 Å². The number of aromatic nitrogens is 4. The van der Waals surface area contributed by atoms with E-state index in [9.17, 15) is 0 Å². The second-order valence-electron chi connectivity index (χ2n) is 6.41. The molecule has 0 bridgehead atoms. The van der Waals surface area contributed by atoms with Gasteiger partial charge in [-0.3, -0.25) is 0 Å². The Labute approximate surface area is 166 Å². The van der Waals surface area contributed by atoms with Gasteiger partial charge >= 0.3 is 0 Å². The van der Waals surface area contributed by atoms with E-state index in [1.165, 1.54) is 11.8 Å². The number of hydrogen-bond donors (Lipinski definition) is 2. The maximum absolute atomic E-state index is 8.89. The third-order valence-electron chi connectivity index (χ3n) is 4.56. The Hall–Kier alpha value is -2.34. The van der Waals surface area contributed by atoms with Crippen LogP contribution in [0.1, 0.15) is 24.7 Å². The molecular weight excluding hydrogens is 382 g/mol. The van der Waals surface area contributed by atoms with Crippen LogP contribution in [0.3, 0.4) is 0 Å². The molecule has 4 heterocycles. The van der Waals surface area contributed by atoms with Gasteiger partial charge in [0.15, 0.2) is 5.16 Å². The van der Waals surface area contributed by atoms with Crippen LogP contribution in [-0.2, 0) is 6.42 Å². The standard InChI is InChI=1S/C18H18ClN7S/c1-2-13-15(19)14-16(23-13)24-18(25-17(14)26-6-5-10(21)9-26)27-12-4-3-11(7-20)22-8-12/h3-4,8,10H,2,5-6,9,21H2,1H3,(H,23,24,25)/t10-/m1/s1. The Morgan fingerprint density at radius 2 is 2.30 bits per heavy atom. The van der Waals surface area contributed by atoms with Crippen LogP contribution in [0.15, 0.2) is 28.4 Å². The number of nitriles is 1. The van der Waals surface area contributed by atoms with Gasteiger partial charge in [0.2, 0.25) is 0 Å². The molecule has 0 aromatic carbocycles. The summed E-state index contributed by atoms with van der Waals surface area (Å²) < 4.78 is 0. The third kappa shape index (κ3) is 3.46. The fourth-order valence-electron chi connectivity index (χ4n) is 3.18. The SMILES string of the molecule is CCc1[nH]c2nc(Sc3ccc(C#N)nc3)nc(N3CC[C@@H](N)C3)c2c1Cl. The van der Waals surface area contributed by atoms with Crippen molar-refractivity contribution in [3.63, 3.8) is 0 Å². The number of hydrogen-bond acceptors (Lipinski definition) is 7. The Morgan fingerprint density at radius 1 is 1.44 bits per heavy atom. The average molecular weight is 400 g/mol. The quantitative estimate of drug-likeness (QED) is 0.649. The van der Waals surface area contributed by atoms with Crippen molar-refractivity contribution in [2.75, 3.05) is 18.0 Å². The van der Waals surface area contributed by atoms with Gasteiger partial charge in [-0.05, 0) is 36.7 Å². The highest BCUT2D eigenvalue weighted by Gasteiger charge is 2.26. The van der Waals surface area contributed by atoms with Crippen molar-refractivity contribution in [3.8, 4) is 6.07 Å². The topological polar surface area (TPSA) is 108 Å². The monoisotopic (exact) mass is 399 g/mol. The van der Waals surface area contributed by atoms with Gasteiger partial charge in [0.25, 0.3) is 0 Å². The van der Waals surface area contributed by atoms with Crippen molar-refractivity contribution in [1.82, 2.24) is 19.9 Å². The first kappa shape index (κ1) is 18.0. The Bertz CT molecular complexity index is 1020. The molecule has 3 aromatic heterocycles. The summed E-state index contributed by atoms with van der Waals surface area (Å²) in [6.45, 7) is 3.64. The molecule has 1 fully saturated rings. The van der Waals surface area contributed by atoms with Crippen LogP contribution >= 0.6 is 23.4 Å². The van der Waals surface area contributed by atoms with Gasteiger partial charge in [-0.2, -0.15) is 5.26 Å². The minimum Gasteiger partial charge on any atom is -0.354 e. The first-order chi connectivity index (χ1) is 13.1. The van der Waals surface area contributed by atoms with E-state index >= 15 is 0 Å². The molecule has 138 valence electrons. The second-order valence-corrected chi connectivity index (χ2v) is 7.83. The van der Waals surface area contributed by atoms with Crippen LogP contribution in [0, 0.1) is 11.3 Å². The van der Waals surface area contributed by atoms with E-state index in [2.05, 4.69) is 19.9 Å². The summed E-state index contributed by atoms with van der Waals surface area (Å²) in [6.07, 6.45) is 3.37. The number of nitrogens with zero attached hydrogens (tertiary/aromatic N) is 5. The molecule has 1 saturated heterocycles. The molecule has 3 aromatic rings. The zero-order chi connectivity index (χ0) is 19.0. The van der Waals surface area contributed by atoms with Crippen LogP contribution in [0.25, 0.3) is 11.0 Å². The van der Waals surface area contributed by atoms with Crippen LogP contribution < -0.4 is 10.6 Å². The fourth-order valence-corrected chi connectivity index (χ4v) is 4.26. The minimum absolute atomic E-state index is 0.136. The van der Waals surface area contributed by atoms with Crippen molar-refractivity contribution >= 4 is 40.2 Å². The maximum Gasteiger partial charge on any atom is 0.196 e. The van der Waals surface area contributed by atoms with Crippen LogP contribution in [0.2, 0.25) is 5.02 Å². The summed E-state index contributed by atoms with van der Waals surface area (Å²) >= 11 is 8.01. The molecule has 0 amide bonds. The molecule has 27 heavy (non-hydrogen) atoms. The van der Waals surface area contributed by atoms with Gasteiger partial charge in [-0.15, -0.1) is 0 Å². The van der Waals surface area contributed by atoms with Crippen LogP contribution in [-0.4, -0.2) is 39.1 Å². The lowest BCUT2D eigenvalue weighted by molar-refractivity contribution is 0.751. The molecule has 1 aliphatic rings. The number of halogens is 1. The maximum atomic E-state index is 8.89. The van der Waals surface area contributed by atoms with E-state index in [4.69, 9.17) is 27.6 Å². The average Bonchev–Trinajstić information content (AvgIpc) is 3.25. The normalized spacial score (nSPS) is 16.8. The smallest absolute Gasteiger partial charge is 0.196 e. The molecule has 0 spiro atoms. The van der Waals surface area contributed by atoms with Crippen LogP contribution in [0.5, 0.6) is 0 Å². The second kappa shape index (κ2) is 7.35. The zero-order valence-corrected chi connectivity index (χ0v) is 16.3. The van der Waals surface area contributed by atoms with E-state index in [1.54, 1.807) is 12.3 Å². The minimum atomic E-state index is 0.136. The molecule has 9 heteroatoms. The summed E-state index contributed by atoms with van der Waals surface area (Å²) in [5.41, 5.74) is 8.16. The van der Waals surface area contributed by atoms with E-state index in [1.807, 2.05) is 19.1 Å². The Balaban J connectivity index is 1.78. The summed E-state index contributed by atoms with van der Waals surface area (Å²) in [5, 5.41) is 11.0. The molecule has 1 atom stereocenters. The molecular formula is C18H18ClN7S. The number of pyridine rings is 1. The molecule has 3 N–H and O–H groups in total. The van der Waals surface area contributed by atoms with E-state index in [0.29, 0.717) is 15.9 Å². The lowest BCUT2D eigenvalue weighted by atomic mass is 10.3. The fraction of sp³-hybridized carbons (Fsp3) is 0.333. The predicted molar refractivity (Wildman–Crippen MR) is 106 cm³/mol. The van der Waals surface area contributed by atoms with E-state index in [0.717, 1.165) is 53.4 Å². The number of fused-ring (bicyclic) bond motifs is 1. The molecule has 0 radical (unpaired) electrons. The number of anilines is 1. The van der Waals surface area contributed by atoms with E-state index in [-0.39, 0.29) is 6.04 Å². The first-order valence-corrected chi connectivity index (χ1v) is 9.91. The summed E-state index contributed by atoms with van der Waals surface area (Å²) in [5.74, 6) is 0.818. The number of nitrogens with one attached hydrogen (secondary N) is 1. The molecule has 1 aliphatic heterocycles. The number of aromatic amines is 1. The number of rotatable bonds is 4. The van der Waals surface area contributed by atoms with E-state index < -0.39 is 0 Å². The van der Waals surface area contributed by atoms with Crippen molar-refractivity contribution < 1.29 is 0 Å². The lowest BCUT2D eigenvalue weighted by Crippen LogP contribution is -2.27. The van der Waals surface area contributed by atoms with Gasteiger partial charge in [0.1, 0.15) is 23.2 Å². The zero-order valence-electron chi connectivity index (χ0n) is 14.7. The van der Waals surface area contributed by atoms with Crippen molar-refractivity contribution in [2.24, 2.45) is 5.73 Å². The van der Waals surface area contributed by atoms with Crippen LogP contribution in [0.4, 0.5) is 5.82 Å². The number of H-pyrrole nitrogens is 1. The van der Waals surface area contributed by atoms with Gasteiger partial charge in [0.05, 0.1) is 10.4 Å². The third-order valence-corrected chi connectivity index (χ3v) is 5.82. The number of nitrogens with two attached hydrogens (primary N) is 1. The Kier molecular flexibility index (Phi) is 4.91. The lowest BCUT2D eigenvalue weighted by Gasteiger charge is -2.18. The molecule has 0 saturated carbocycles. The number of aryl methyl sites for hydroxylation is 1. The van der Waals surface area contributed by atoms with Gasteiger partial charge in [0, 0.05) is 35.9 Å². The highest BCUT2D eigenvalue weighted by molar-refractivity contribution is 7.99. The Morgan fingerprint density at radius 3 is 2.93 bits per heavy atom. The predicted octanol–water partition coefficient (Wildman–Crippen LogP) is 3.13. The van der Waals surface area contributed by atoms with Gasteiger partial charge in [-0.1, -0.05) is 18.5 Å². The summed E-state index contributed by atoms with van der Waals surface area (Å²) in [6, 6.07) is 5.68. The summed E-state index contributed by atoms with van der Waals surface area (Å²) in [4.78, 5) is 19.9. The molecule has 0 aliphatic carbocycles. The van der Waals surface area contributed by atoms with Gasteiger partial charge in [-0.25, -0.2) is 15.0 Å². The summed E-state index contributed by atoms with van der Waals surface area (Å²) in [7, 11) is 0. The largest absolute Gasteiger partial charge is 0.354 e. The highest BCUT2D eigenvalue weighted by Crippen LogP contribution is 2.37. The highest BCUT2D eigenvalue weighted by atomic mass is 35.5. The van der Waals surface area contributed by atoms with Crippen molar-refractivity contribution in [2.45, 2.75) is 35.9 Å². The van der Waals surface area contributed by atoms with Crippen molar-refractivity contribution in [1.29, 1.82) is 5.26 Å². The molecule has 4 rings (SSSR count). The first-order valence-electron chi connectivity index (χ1n) is 8.71. The molecule has 7 nitrogen and oxygen atoms in total. The van der Waals surface area contributed by atoms with Gasteiger partial charge < -0.3 is 15.6 Å².